The first-order chi connectivity index (χ1) is 24.6. The van der Waals surface area contributed by atoms with Gasteiger partial charge in [-0.05, 0) is 80.9 Å². The highest BCUT2D eigenvalue weighted by Crippen LogP contribution is 2.35. The number of fused-ring (bicyclic) bond motifs is 3. The molecular weight excluding hydrogens is 625 g/mol. The highest BCUT2D eigenvalue weighted by atomic mass is 28.3. The quantitative estimate of drug-likeness (QED) is 0.138. The predicted octanol–water partition coefficient (Wildman–Crippen LogP) is 7.44. The average Bonchev–Trinajstić information content (AvgIpc) is 3.52. The maximum absolute atomic E-state index is 10.3. The third kappa shape index (κ3) is 4.88. The van der Waals surface area contributed by atoms with E-state index < -0.39 is 8.07 Å². The van der Waals surface area contributed by atoms with Gasteiger partial charge in [-0.15, -0.1) is 0 Å². The van der Waals surface area contributed by atoms with Gasteiger partial charge < -0.3 is 4.57 Å². The summed E-state index contributed by atoms with van der Waals surface area (Å²) in [6.07, 6.45) is 0. The van der Waals surface area contributed by atoms with Crippen LogP contribution in [0.1, 0.15) is 16.7 Å². The number of benzene rings is 7. The summed E-state index contributed by atoms with van der Waals surface area (Å²) in [4.78, 5) is 0. The number of hydrogen-bond donors (Lipinski definition) is 0. The molecule has 5 heteroatoms. The zero-order chi connectivity index (χ0) is 34.1. The lowest BCUT2D eigenvalue weighted by Crippen LogP contribution is -2.74. The second-order valence-electron chi connectivity index (χ2n) is 12.3. The Morgan fingerprint density at radius 2 is 0.880 bits per heavy atom. The molecule has 0 fully saturated rings. The Bertz CT molecular complexity index is 2490. The van der Waals surface area contributed by atoms with Gasteiger partial charge >= 0.3 is 0 Å². The number of nitriles is 3. The molecule has 0 atom stereocenters. The Morgan fingerprint density at radius 1 is 0.420 bits per heavy atom. The SMILES string of the molecule is N#Cc1ccc2c(c1)c1cc(C#N)ccc1n2-c1ccc(C#N)c(-c2ccc([Si](c3ccccc3)(c3ccccc3)c3ccccc3)cc2)c1. The second kappa shape index (κ2) is 12.6. The van der Waals surface area contributed by atoms with Crippen LogP contribution in [-0.2, 0) is 0 Å². The molecule has 0 unspecified atom stereocenters. The second-order valence-corrected chi connectivity index (χ2v) is 16.1. The van der Waals surface area contributed by atoms with Crippen molar-refractivity contribution in [1.82, 2.24) is 4.57 Å². The molecule has 1 heterocycles. The number of nitrogens with zero attached hydrogens (tertiary/aromatic N) is 4. The molecule has 232 valence electrons. The molecule has 0 amide bonds. The zero-order valence-electron chi connectivity index (χ0n) is 27.0. The van der Waals surface area contributed by atoms with Crippen molar-refractivity contribution in [3.05, 3.63) is 187 Å². The highest BCUT2D eigenvalue weighted by molar-refractivity contribution is 7.19. The minimum atomic E-state index is -2.69. The van der Waals surface area contributed by atoms with Gasteiger partial charge in [-0.25, -0.2) is 0 Å². The average molecular weight is 653 g/mol. The molecule has 0 aliphatic heterocycles. The van der Waals surface area contributed by atoms with E-state index in [9.17, 15) is 15.8 Å². The minimum Gasteiger partial charge on any atom is -0.309 e. The topological polar surface area (TPSA) is 76.3 Å². The third-order valence-electron chi connectivity index (χ3n) is 9.65. The van der Waals surface area contributed by atoms with Crippen molar-refractivity contribution in [3.8, 4) is 35.0 Å². The van der Waals surface area contributed by atoms with E-state index in [1.165, 1.54) is 20.7 Å². The molecular formula is C45H28N4Si. The fourth-order valence-corrected chi connectivity index (χ4v) is 12.2. The van der Waals surface area contributed by atoms with Gasteiger partial charge in [0.15, 0.2) is 8.07 Å². The van der Waals surface area contributed by atoms with Crippen molar-refractivity contribution in [1.29, 1.82) is 15.8 Å². The molecule has 8 aromatic rings. The summed E-state index contributed by atoms with van der Waals surface area (Å²) in [5.74, 6) is 0. The third-order valence-corrected chi connectivity index (χ3v) is 14.5. The lowest BCUT2D eigenvalue weighted by Gasteiger charge is -2.34. The lowest BCUT2D eigenvalue weighted by molar-refractivity contribution is 1.18. The fraction of sp³-hybridized carbons (Fsp3) is 0. The Balaban J connectivity index is 1.32. The van der Waals surface area contributed by atoms with Gasteiger partial charge in [-0.2, -0.15) is 15.8 Å². The van der Waals surface area contributed by atoms with Crippen molar-refractivity contribution < 1.29 is 0 Å². The molecule has 0 N–H and O–H groups in total. The molecule has 4 nitrogen and oxygen atoms in total. The van der Waals surface area contributed by atoms with Crippen molar-refractivity contribution in [2.75, 3.05) is 0 Å². The molecule has 0 spiro atoms. The number of rotatable bonds is 6. The zero-order valence-corrected chi connectivity index (χ0v) is 28.0. The molecule has 0 aliphatic carbocycles. The Morgan fingerprint density at radius 3 is 1.32 bits per heavy atom. The van der Waals surface area contributed by atoms with Crippen molar-refractivity contribution in [2.45, 2.75) is 0 Å². The normalized spacial score (nSPS) is 11.1. The van der Waals surface area contributed by atoms with Crippen LogP contribution in [0, 0.1) is 34.0 Å². The maximum Gasteiger partial charge on any atom is 0.179 e. The number of aromatic nitrogens is 1. The summed E-state index contributed by atoms with van der Waals surface area (Å²) in [6.45, 7) is 0. The van der Waals surface area contributed by atoms with Crippen LogP contribution in [0.25, 0.3) is 38.6 Å². The first-order valence-electron chi connectivity index (χ1n) is 16.4. The van der Waals surface area contributed by atoms with E-state index in [2.05, 4.69) is 144 Å². The summed E-state index contributed by atoms with van der Waals surface area (Å²) < 4.78 is 2.14. The van der Waals surface area contributed by atoms with Crippen LogP contribution in [0.4, 0.5) is 0 Å². The first kappa shape index (κ1) is 30.4. The summed E-state index contributed by atoms with van der Waals surface area (Å²) in [6, 6.07) is 65.4. The molecule has 1 aromatic heterocycles. The first-order valence-corrected chi connectivity index (χ1v) is 18.4. The molecule has 7 aromatic carbocycles. The lowest BCUT2D eigenvalue weighted by atomic mass is 9.99. The molecule has 0 aliphatic rings. The van der Waals surface area contributed by atoms with E-state index >= 15 is 0 Å². The largest absolute Gasteiger partial charge is 0.309 e. The van der Waals surface area contributed by atoms with E-state index in [0.717, 1.165) is 38.6 Å². The molecule has 8 rings (SSSR count). The van der Waals surface area contributed by atoms with E-state index in [-0.39, 0.29) is 0 Å². The van der Waals surface area contributed by atoms with Gasteiger partial charge in [-0.3, -0.25) is 0 Å². The van der Waals surface area contributed by atoms with Crippen LogP contribution in [-0.4, -0.2) is 12.6 Å². The van der Waals surface area contributed by atoms with Gasteiger partial charge in [0.1, 0.15) is 0 Å². The van der Waals surface area contributed by atoms with Gasteiger partial charge in [0, 0.05) is 22.0 Å². The Labute approximate surface area is 291 Å². The van der Waals surface area contributed by atoms with Crippen LogP contribution in [0.2, 0.25) is 0 Å². The monoisotopic (exact) mass is 652 g/mol. The van der Waals surface area contributed by atoms with Crippen LogP contribution >= 0.6 is 0 Å². The van der Waals surface area contributed by atoms with Crippen molar-refractivity contribution >= 4 is 50.6 Å². The van der Waals surface area contributed by atoms with Crippen LogP contribution in [0.15, 0.2) is 170 Å². The summed E-state index contributed by atoms with van der Waals surface area (Å²) >= 11 is 0. The van der Waals surface area contributed by atoms with E-state index in [1.807, 2.05) is 48.5 Å². The van der Waals surface area contributed by atoms with Crippen LogP contribution < -0.4 is 20.7 Å². The Hall–Kier alpha value is -6.97. The highest BCUT2D eigenvalue weighted by Gasteiger charge is 2.41. The Kier molecular flexibility index (Phi) is 7.63. The predicted molar refractivity (Wildman–Crippen MR) is 204 cm³/mol. The molecule has 50 heavy (non-hydrogen) atoms. The van der Waals surface area contributed by atoms with Gasteiger partial charge in [0.2, 0.25) is 0 Å². The minimum absolute atomic E-state index is 0.556. The molecule has 0 saturated carbocycles. The van der Waals surface area contributed by atoms with Crippen LogP contribution in [0.3, 0.4) is 0 Å². The maximum atomic E-state index is 10.3. The summed E-state index contributed by atoms with van der Waals surface area (Å²) in [5, 5.41) is 36.5. The van der Waals surface area contributed by atoms with Gasteiger partial charge in [0.25, 0.3) is 0 Å². The number of hydrogen-bond acceptors (Lipinski definition) is 3. The molecule has 0 bridgehead atoms. The molecule has 0 saturated heterocycles. The summed E-state index contributed by atoms with van der Waals surface area (Å²) in [5.41, 5.74) is 6.21. The smallest absolute Gasteiger partial charge is 0.179 e. The summed E-state index contributed by atoms with van der Waals surface area (Å²) in [7, 11) is -2.69. The van der Waals surface area contributed by atoms with Crippen LogP contribution in [0.5, 0.6) is 0 Å². The van der Waals surface area contributed by atoms with E-state index in [0.29, 0.717) is 16.7 Å². The van der Waals surface area contributed by atoms with Crippen molar-refractivity contribution in [2.24, 2.45) is 0 Å². The van der Waals surface area contributed by atoms with E-state index in [1.54, 1.807) is 0 Å². The van der Waals surface area contributed by atoms with Crippen molar-refractivity contribution in [3.63, 3.8) is 0 Å². The van der Waals surface area contributed by atoms with Gasteiger partial charge in [-0.1, -0.05) is 115 Å². The molecule has 0 radical (unpaired) electrons. The van der Waals surface area contributed by atoms with Gasteiger partial charge in [0.05, 0.1) is 45.9 Å². The van der Waals surface area contributed by atoms with E-state index in [4.69, 9.17) is 0 Å². The fourth-order valence-electron chi connectivity index (χ4n) is 7.41. The standard InChI is InChI=1S/C45H28N4Si/c46-29-32-16-24-44-42(26-32)43-27-33(30-47)17-25-45(43)49(44)36-21-18-35(31-48)41(28-36)34-19-22-40(23-20-34)50(37-10-4-1-5-11-37,38-12-6-2-7-13-38)39-14-8-3-9-15-39/h1-28H.